The number of rotatable bonds is 6. The molecule has 0 atom stereocenters. The molecule has 56 heavy (non-hydrogen) atoms. The third-order valence-corrected chi connectivity index (χ3v) is 10.7. The first-order valence-corrected chi connectivity index (χ1v) is 18.8. The van der Waals surface area contributed by atoms with Gasteiger partial charge in [0.05, 0.1) is 11.0 Å². The number of para-hydroxylation sites is 1. The van der Waals surface area contributed by atoms with Crippen LogP contribution in [-0.2, 0) is 0 Å². The molecule has 0 amide bonds. The van der Waals surface area contributed by atoms with Gasteiger partial charge < -0.3 is 8.98 Å². The standard InChI is InChI=1S/C51H32N4O/c1-4-13-33(14-5-1)35-23-26-40(27-24-35)55-45-22-11-10-21-41(45)42-28-29-43-44-32-39(25-30-46(44)56-48(43)47(42)55)51-53-49(36-17-8-3-9-18-36)52-50(54-51)38-20-12-19-37(31-38)34-15-6-2-7-16-34/h1-32H. The first-order chi connectivity index (χ1) is 27.7. The zero-order chi connectivity index (χ0) is 37.0. The summed E-state index contributed by atoms with van der Waals surface area (Å²) in [5.41, 5.74) is 12.3. The Morgan fingerprint density at radius 1 is 0.339 bits per heavy atom. The molecule has 0 N–H and O–H groups in total. The Morgan fingerprint density at radius 3 is 1.57 bits per heavy atom. The van der Waals surface area contributed by atoms with Crippen molar-refractivity contribution < 1.29 is 4.42 Å². The molecule has 0 aliphatic carbocycles. The van der Waals surface area contributed by atoms with E-state index in [1.165, 1.54) is 16.5 Å². The Labute approximate surface area is 322 Å². The lowest BCUT2D eigenvalue weighted by Gasteiger charge is -2.10. The molecular formula is C51H32N4O. The fourth-order valence-corrected chi connectivity index (χ4v) is 7.94. The normalized spacial score (nSPS) is 11.6. The lowest BCUT2D eigenvalue weighted by Crippen LogP contribution is -2.00. The number of aromatic nitrogens is 4. The summed E-state index contributed by atoms with van der Waals surface area (Å²) in [5, 5.41) is 4.37. The Kier molecular flexibility index (Phi) is 7.42. The summed E-state index contributed by atoms with van der Waals surface area (Å²) in [6.07, 6.45) is 0. The molecule has 262 valence electrons. The number of nitrogens with zero attached hydrogens (tertiary/aromatic N) is 4. The van der Waals surface area contributed by atoms with Crippen molar-refractivity contribution in [1.82, 2.24) is 19.5 Å². The van der Waals surface area contributed by atoms with Gasteiger partial charge >= 0.3 is 0 Å². The Bertz CT molecular complexity index is 3220. The molecule has 0 bridgehead atoms. The van der Waals surface area contributed by atoms with Crippen LogP contribution in [0.5, 0.6) is 0 Å². The smallest absolute Gasteiger partial charge is 0.164 e. The van der Waals surface area contributed by atoms with E-state index in [4.69, 9.17) is 19.4 Å². The second kappa shape index (κ2) is 13.0. The number of benzene rings is 8. The van der Waals surface area contributed by atoms with Crippen LogP contribution in [0.2, 0.25) is 0 Å². The summed E-state index contributed by atoms with van der Waals surface area (Å²) < 4.78 is 9.14. The highest BCUT2D eigenvalue weighted by atomic mass is 16.3. The van der Waals surface area contributed by atoms with Gasteiger partial charge in [-0.25, -0.2) is 15.0 Å². The molecule has 0 saturated heterocycles. The molecule has 0 saturated carbocycles. The number of hydrogen-bond acceptors (Lipinski definition) is 4. The van der Waals surface area contributed by atoms with Crippen molar-refractivity contribution in [3.63, 3.8) is 0 Å². The molecule has 3 aromatic heterocycles. The molecule has 0 fully saturated rings. The third-order valence-electron chi connectivity index (χ3n) is 10.7. The lowest BCUT2D eigenvalue weighted by molar-refractivity contribution is 0.671. The van der Waals surface area contributed by atoms with E-state index >= 15 is 0 Å². The largest absolute Gasteiger partial charge is 0.454 e. The average Bonchev–Trinajstić information content (AvgIpc) is 3.83. The summed E-state index contributed by atoms with van der Waals surface area (Å²) >= 11 is 0. The molecule has 5 nitrogen and oxygen atoms in total. The van der Waals surface area contributed by atoms with E-state index in [0.29, 0.717) is 17.5 Å². The highest BCUT2D eigenvalue weighted by Crippen LogP contribution is 2.41. The molecule has 8 aromatic carbocycles. The van der Waals surface area contributed by atoms with Gasteiger partial charge in [0, 0.05) is 43.9 Å². The molecular weight excluding hydrogens is 685 g/mol. The number of furan rings is 1. The SMILES string of the molecule is c1ccc(-c2ccc(-n3c4ccccc4c4ccc5c6cc(-c7nc(-c8ccccc8)nc(-c8cccc(-c9ccccc9)c8)n7)ccc6oc5c43)cc2)cc1. The Morgan fingerprint density at radius 2 is 0.857 bits per heavy atom. The average molecular weight is 717 g/mol. The van der Waals surface area contributed by atoms with E-state index in [9.17, 15) is 0 Å². The second-order valence-electron chi connectivity index (χ2n) is 14.0. The first kappa shape index (κ1) is 31.9. The van der Waals surface area contributed by atoms with Gasteiger partial charge in [-0.05, 0) is 70.8 Å². The van der Waals surface area contributed by atoms with Gasteiger partial charge in [-0.15, -0.1) is 0 Å². The van der Waals surface area contributed by atoms with Gasteiger partial charge in [-0.3, -0.25) is 0 Å². The quantitative estimate of drug-likeness (QED) is 0.172. The Balaban J connectivity index is 1.08. The summed E-state index contributed by atoms with van der Waals surface area (Å²) in [7, 11) is 0. The van der Waals surface area contributed by atoms with Gasteiger partial charge in [0.15, 0.2) is 23.1 Å². The molecule has 0 aliphatic rings. The third kappa shape index (κ3) is 5.37. The van der Waals surface area contributed by atoms with Crippen LogP contribution in [0.1, 0.15) is 0 Å². The zero-order valence-electron chi connectivity index (χ0n) is 30.2. The monoisotopic (exact) mass is 716 g/mol. The summed E-state index contributed by atoms with van der Waals surface area (Å²) in [5.74, 6) is 1.84. The lowest BCUT2D eigenvalue weighted by atomic mass is 10.0. The van der Waals surface area contributed by atoms with E-state index in [2.05, 4.69) is 144 Å². The predicted molar refractivity (Wildman–Crippen MR) is 229 cm³/mol. The molecule has 11 rings (SSSR count). The van der Waals surface area contributed by atoms with Crippen LogP contribution >= 0.6 is 0 Å². The van der Waals surface area contributed by atoms with Crippen LogP contribution in [0.4, 0.5) is 0 Å². The molecule has 0 spiro atoms. The molecule has 3 heterocycles. The number of fused-ring (bicyclic) bond motifs is 7. The van der Waals surface area contributed by atoms with Crippen LogP contribution < -0.4 is 0 Å². The fraction of sp³-hybridized carbons (Fsp3) is 0. The van der Waals surface area contributed by atoms with Crippen molar-refractivity contribution >= 4 is 43.7 Å². The highest BCUT2D eigenvalue weighted by Gasteiger charge is 2.20. The maximum absolute atomic E-state index is 6.81. The minimum absolute atomic E-state index is 0.601. The maximum atomic E-state index is 6.81. The predicted octanol–water partition coefficient (Wildman–Crippen LogP) is 13.2. The van der Waals surface area contributed by atoms with Crippen LogP contribution in [0.25, 0.3) is 106 Å². The van der Waals surface area contributed by atoms with Gasteiger partial charge in [0.25, 0.3) is 0 Å². The van der Waals surface area contributed by atoms with Crippen LogP contribution in [0, 0.1) is 0 Å². The van der Waals surface area contributed by atoms with Gasteiger partial charge in [-0.1, -0.05) is 146 Å². The van der Waals surface area contributed by atoms with E-state index in [1.54, 1.807) is 0 Å². The van der Waals surface area contributed by atoms with Crippen LogP contribution in [-0.4, -0.2) is 19.5 Å². The van der Waals surface area contributed by atoms with E-state index in [1.807, 2.05) is 54.6 Å². The topological polar surface area (TPSA) is 56.7 Å². The highest BCUT2D eigenvalue weighted by molar-refractivity contribution is 6.21. The molecule has 0 aliphatic heterocycles. The van der Waals surface area contributed by atoms with E-state index in [-0.39, 0.29) is 0 Å². The van der Waals surface area contributed by atoms with Crippen molar-refractivity contribution in [2.45, 2.75) is 0 Å². The summed E-state index contributed by atoms with van der Waals surface area (Å²) in [6.45, 7) is 0. The number of hydrogen-bond donors (Lipinski definition) is 0. The van der Waals surface area contributed by atoms with E-state index < -0.39 is 0 Å². The molecule has 0 radical (unpaired) electrons. The van der Waals surface area contributed by atoms with Crippen molar-refractivity contribution in [2.24, 2.45) is 0 Å². The fourth-order valence-electron chi connectivity index (χ4n) is 7.94. The van der Waals surface area contributed by atoms with Gasteiger partial charge in [-0.2, -0.15) is 0 Å². The minimum atomic E-state index is 0.601. The van der Waals surface area contributed by atoms with Crippen molar-refractivity contribution in [2.75, 3.05) is 0 Å². The van der Waals surface area contributed by atoms with Gasteiger partial charge in [0.2, 0.25) is 0 Å². The van der Waals surface area contributed by atoms with Crippen LogP contribution in [0.3, 0.4) is 0 Å². The maximum Gasteiger partial charge on any atom is 0.164 e. The summed E-state index contributed by atoms with van der Waals surface area (Å²) in [6, 6.07) is 67.4. The molecule has 11 aromatic rings. The van der Waals surface area contributed by atoms with Crippen molar-refractivity contribution in [1.29, 1.82) is 0 Å². The van der Waals surface area contributed by atoms with Crippen molar-refractivity contribution in [3.8, 4) is 62.1 Å². The summed E-state index contributed by atoms with van der Waals surface area (Å²) in [4.78, 5) is 15.2. The minimum Gasteiger partial charge on any atom is -0.454 e. The zero-order valence-corrected chi connectivity index (χ0v) is 30.2. The Hall–Kier alpha value is -7.63. The van der Waals surface area contributed by atoms with Crippen molar-refractivity contribution in [3.05, 3.63) is 194 Å². The molecule has 0 unspecified atom stereocenters. The van der Waals surface area contributed by atoms with Crippen LogP contribution in [0.15, 0.2) is 199 Å². The van der Waals surface area contributed by atoms with Gasteiger partial charge in [0.1, 0.15) is 5.58 Å². The second-order valence-corrected chi connectivity index (χ2v) is 14.0. The molecule has 5 heteroatoms. The van der Waals surface area contributed by atoms with E-state index in [0.717, 1.165) is 71.9 Å². The first-order valence-electron chi connectivity index (χ1n) is 18.8.